The smallest absolute Gasteiger partial charge is 0.221 e. The van der Waals surface area contributed by atoms with E-state index in [1.54, 1.807) is 7.05 Å². The molecular weight excluding hydrogens is 412 g/mol. The Morgan fingerprint density at radius 1 is 1.18 bits per heavy atom. The average molecular weight is 447 g/mol. The van der Waals surface area contributed by atoms with Gasteiger partial charge in [-0.15, -0.1) is 0 Å². The molecule has 1 fully saturated rings. The first kappa shape index (κ1) is 22.9. The monoisotopic (exact) mass is 446 g/mol. The Morgan fingerprint density at radius 2 is 2.03 bits per heavy atom. The van der Waals surface area contributed by atoms with Crippen LogP contribution in [0.4, 0.5) is 0 Å². The molecule has 0 aliphatic carbocycles. The lowest BCUT2D eigenvalue weighted by Gasteiger charge is -2.31. The molecule has 1 aliphatic heterocycles. The normalized spacial score (nSPS) is 17.2. The van der Waals surface area contributed by atoms with Crippen LogP contribution in [0.1, 0.15) is 29.5 Å². The van der Waals surface area contributed by atoms with E-state index in [2.05, 4.69) is 74.2 Å². The second-order valence-electron chi connectivity index (χ2n) is 8.76. The zero-order chi connectivity index (χ0) is 23.0. The lowest BCUT2D eigenvalue weighted by Crippen LogP contribution is -2.40. The molecule has 0 bridgehead atoms. The predicted octanol–water partition coefficient (Wildman–Crippen LogP) is 2.77. The summed E-state index contributed by atoms with van der Waals surface area (Å²) in [6, 6.07) is 17.0. The first-order chi connectivity index (χ1) is 16.1. The Balaban J connectivity index is 1.26. The number of aromatic nitrogens is 1. The number of H-pyrrole nitrogens is 1. The Bertz CT molecular complexity index is 1100. The van der Waals surface area contributed by atoms with Gasteiger partial charge in [0.25, 0.3) is 0 Å². The van der Waals surface area contributed by atoms with Crippen molar-refractivity contribution < 1.29 is 4.79 Å². The number of aliphatic imine (C=N–C) groups is 1. The van der Waals surface area contributed by atoms with Crippen molar-refractivity contribution >= 4 is 22.8 Å². The maximum absolute atomic E-state index is 11.6. The number of nitrogens with zero attached hydrogens (tertiary/aromatic N) is 2. The third-order valence-corrected chi connectivity index (χ3v) is 6.35. The summed E-state index contributed by atoms with van der Waals surface area (Å²) in [4.78, 5) is 21.6. The SMILES string of the molecule is CN=C(NCCc1c[nH]c2ccccc12)NCc1cccc(CN2CCCC(C(N)=O)C2)c1. The number of aromatic amines is 1. The maximum atomic E-state index is 11.6. The van der Waals surface area contributed by atoms with Crippen LogP contribution in [0.5, 0.6) is 0 Å². The minimum absolute atomic E-state index is 0.0257. The van der Waals surface area contributed by atoms with E-state index in [9.17, 15) is 4.79 Å². The van der Waals surface area contributed by atoms with E-state index < -0.39 is 0 Å². The van der Waals surface area contributed by atoms with E-state index in [0.717, 1.165) is 51.4 Å². The van der Waals surface area contributed by atoms with E-state index in [1.165, 1.54) is 27.6 Å². The highest BCUT2D eigenvalue weighted by atomic mass is 16.1. The van der Waals surface area contributed by atoms with Gasteiger partial charge in [0.15, 0.2) is 5.96 Å². The van der Waals surface area contributed by atoms with Gasteiger partial charge in [-0.25, -0.2) is 0 Å². The van der Waals surface area contributed by atoms with E-state index in [0.29, 0.717) is 6.54 Å². The number of carbonyl (C=O) groups is 1. The van der Waals surface area contributed by atoms with Crippen LogP contribution in [-0.4, -0.2) is 48.4 Å². The summed E-state index contributed by atoms with van der Waals surface area (Å²) in [6.45, 7) is 4.11. The van der Waals surface area contributed by atoms with Crippen LogP contribution in [0.15, 0.2) is 59.7 Å². The Morgan fingerprint density at radius 3 is 2.88 bits per heavy atom. The molecule has 174 valence electrons. The molecule has 7 heteroatoms. The third-order valence-electron chi connectivity index (χ3n) is 6.35. The number of primary amides is 1. The predicted molar refractivity (Wildman–Crippen MR) is 134 cm³/mol. The topological polar surface area (TPSA) is 98.5 Å². The van der Waals surface area contributed by atoms with Crippen molar-refractivity contribution in [3.05, 3.63) is 71.4 Å². The first-order valence-electron chi connectivity index (χ1n) is 11.7. The lowest BCUT2D eigenvalue weighted by molar-refractivity contribution is -0.123. The molecular formula is C26H34N6O. The summed E-state index contributed by atoms with van der Waals surface area (Å²) in [5.41, 5.74) is 10.5. The number of guanidine groups is 1. The first-order valence-corrected chi connectivity index (χ1v) is 11.7. The van der Waals surface area contributed by atoms with Crippen molar-refractivity contribution in [2.75, 3.05) is 26.7 Å². The van der Waals surface area contributed by atoms with Crippen LogP contribution in [0.25, 0.3) is 10.9 Å². The zero-order valence-corrected chi connectivity index (χ0v) is 19.3. The summed E-state index contributed by atoms with van der Waals surface area (Å²) < 4.78 is 0. The van der Waals surface area contributed by atoms with Crippen LogP contribution in [0.3, 0.4) is 0 Å². The number of hydrogen-bond donors (Lipinski definition) is 4. The molecule has 3 aromatic rings. The van der Waals surface area contributed by atoms with Crippen molar-refractivity contribution in [3.63, 3.8) is 0 Å². The fourth-order valence-electron chi connectivity index (χ4n) is 4.59. The maximum Gasteiger partial charge on any atom is 0.221 e. The Labute approximate surface area is 195 Å². The fraction of sp³-hybridized carbons (Fsp3) is 0.385. The summed E-state index contributed by atoms with van der Waals surface area (Å²) in [7, 11) is 1.79. The molecule has 33 heavy (non-hydrogen) atoms. The van der Waals surface area contributed by atoms with Gasteiger partial charge in [0.2, 0.25) is 5.91 Å². The number of fused-ring (bicyclic) bond motifs is 1. The Kier molecular flexibility index (Phi) is 7.62. The van der Waals surface area contributed by atoms with Gasteiger partial charge < -0.3 is 21.4 Å². The molecule has 1 aliphatic rings. The van der Waals surface area contributed by atoms with Gasteiger partial charge >= 0.3 is 0 Å². The number of para-hydroxylation sites is 1. The molecule has 5 N–H and O–H groups in total. The lowest BCUT2D eigenvalue weighted by atomic mass is 9.97. The van der Waals surface area contributed by atoms with Crippen molar-refractivity contribution in [3.8, 4) is 0 Å². The molecule has 0 spiro atoms. The van der Waals surface area contributed by atoms with Crippen molar-refractivity contribution in [1.29, 1.82) is 0 Å². The van der Waals surface area contributed by atoms with Crippen molar-refractivity contribution in [1.82, 2.24) is 20.5 Å². The number of rotatable bonds is 8. The van der Waals surface area contributed by atoms with Crippen LogP contribution < -0.4 is 16.4 Å². The fourth-order valence-corrected chi connectivity index (χ4v) is 4.59. The zero-order valence-electron chi connectivity index (χ0n) is 19.3. The minimum atomic E-state index is -0.179. The molecule has 1 atom stereocenters. The number of carbonyl (C=O) groups excluding carboxylic acids is 1. The highest BCUT2D eigenvalue weighted by Gasteiger charge is 2.23. The summed E-state index contributed by atoms with van der Waals surface area (Å²) in [6.07, 6.45) is 4.93. The quantitative estimate of drug-likeness (QED) is 0.316. The number of piperidine rings is 1. The molecule has 2 heterocycles. The largest absolute Gasteiger partial charge is 0.369 e. The molecule has 1 amide bonds. The standard InChI is InChI=1S/C26H34N6O/c1-28-26(29-12-11-21-16-30-24-10-3-2-9-23(21)24)31-15-19-6-4-7-20(14-19)17-32-13-5-8-22(18-32)25(27)33/h2-4,6-7,9-10,14,16,22,30H,5,8,11-13,15,17-18H2,1H3,(H2,27,33)(H2,28,29,31). The molecule has 4 rings (SSSR count). The van der Waals surface area contributed by atoms with Gasteiger partial charge in [0.1, 0.15) is 0 Å². The van der Waals surface area contributed by atoms with Crippen molar-refractivity contribution in [2.45, 2.75) is 32.4 Å². The third kappa shape index (κ3) is 6.14. The summed E-state index contributed by atoms with van der Waals surface area (Å²) in [5, 5.41) is 8.10. The molecule has 1 saturated heterocycles. The highest BCUT2D eigenvalue weighted by Crippen LogP contribution is 2.19. The Hall–Kier alpha value is -3.32. The molecule has 1 unspecified atom stereocenters. The van der Waals surface area contributed by atoms with Gasteiger partial charge in [-0.3, -0.25) is 14.7 Å². The van der Waals surface area contributed by atoms with Gasteiger partial charge in [-0.1, -0.05) is 42.5 Å². The summed E-state index contributed by atoms with van der Waals surface area (Å²) >= 11 is 0. The van der Waals surface area contributed by atoms with E-state index in [1.807, 2.05) is 6.07 Å². The van der Waals surface area contributed by atoms with Crippen LogP contribution in [0.2, 0.25) is 0 Å². The van der Waals surface area contributed by atoms with E-state index >= 15 is 0 Å². The van der Waals surface area contributed by atoms with Gasteiger partial charge in [0, 0.05) is 50.3 Å². The van der Waals surface area contributed by atoms with E-state index in [-0.39, 0.29) is 11.8 Å². The molecule has 0 saturated carbocycles. The number of likely N-dealkylation sites (tertiary alicyclic amines) is 1. The average Bonchev–Trinajstić information content (AvgIpc) is 3.25. The van der Waals surface area contributed by atoms with Crippen molar-refractivity contribution in [2.24, 2.45) is 16.6 Å². The summed E-state index contributed by atoms with van der Waals surface area (Å²) in [5.74, 6) is 0.587. The second kappa shape index (κ2) is 11.0. The van der Waals surface area contributed by atoms with Crippen LogP contribution >= 0.6 is 0 Å². The number of nitrogens with one attached hydrogen (secondary N) is 3. The van der Waals surface area contributed by atoms with Gasteiger partial charge in [-0.2, -0.15) is 0 Å². The molecule has 2 aromatic carbocycles. The second-order valence-corrected chi connectivity index (χ2v) is 8.76. The molecule has 0 radical (unpaired) electrons. The van der Waals surface area contributed by atoms with Crippen LogP contribution in [-0.2, 0) is 24.3 Å². The number of nitrogens with two attached hydrogens (primary N) is 1. The molecule has 1 aromatic heterocycles. The number of amides is 1. The van der Waals surface area contributed by atoms with Gasteiger partial charge in [-0.05, 0) is 48.6 Å². The van der Waals surface area contributed by atoms with Crippen LogP contribution in [0, 0.1) is 5.92 Å². The highest BCUT2D eigenvalue weighted by molar-refractivity contribution is 5.83. The van der Waals surface area contributed by atoms with Gasteiger partial charge in [0.05, 0.1) is 5.92 Å². The number of hydrogen-bond acceptors (Lipinski definition) is 3. The molecule has 7 nitrogen and oxygen atoms in total. The number of benzene rings is 2. The minimum Gasteiger partial charge on any atom is -0.369 e. The van der Waals surface area contributed by atoms with E-state index in [4.69, 9.17) is 5.73 Å².